The predicted molar refractivity (Wildman–Crippen MR) is 93.1 cm³/mol. The molecule has 1 aliphatic rings. The Morgan fingerprint density at radius 1 is 1.43 bits per heavy atom. The van der Waals surface area contributed by atoms with E-state index in [2.05, 4.69) is 41.6 Å². The zero-order valence-electron chi connectivity index (χ0n) is 12.4. The zero-order valence-corrected chi connectivity index (χ0v) is 14.1. The molecule has 2 aromatic rings. The van der Waals surface area contributed by atoms with E-state index < -0.39 is 0 Å². The molecule has 5 heteroatoms. The molecule has 0 bridgehead atoms. The lowest BCUT2D eigenvalue weighted by Gasteiger charge is -2.23. The third kappa shape index (κ3) is 2.77. The van der Waals surface area contributed by atoms with Crippen LogP contribution in [0.3, 0.4) is 0 Å². The van der Waals surface area contributed by atoms with Crippen molar-refractivity contribution in [3.63, 3.8) is 0 Å². The number of carbonyl (C=O) groups is 1. The molecule has 0 aliphatic carbocycles. The van der Waals surface area contributed by atoms with Gasteiger partial charge in [-0.15, -0.1) is 23.1 Å². The lowest BCUT2D eigenvalue weighted by molar-refractivity contribution is 0.0962. The standard InChI is InChI=1S/C16H20N2OS2/c1-3-4-8-18-9-7-17-16(19)15-14(18)12-10-11(20-2)5-6-13(12)21-15/h5-6,10H,3-4,7-9H2,1-2H3,(H,17,19). The lowest BCUT2D eigenvalue weighted by atomic mass is 10.2. The molecule has 0 saturated heterocycles. The van der Waals surface area contributed by atoms with Gasteiger partial charge in [0.2, 0.25) is 0 Å². The number of benzene rings is 1. The number of hydrogen-bond acceptors (Lipinski definition) is 4. The van der Waals surface area contributed by atoms with Crippen LogP contribution in [0.5, 0.6) is 0 Å². The Hall–Kier alpha value is -1.20. The van der Waals surface area contributed by atoms with Crippen LogP contribution in [0.15, 0.2) is 23.1 Å². The van der Waals surface area contributed by atoms with Crippen molar-refractivity contribution in [2.45, 2.75) is 24.7 Å². The average molecular weight is 320 g/mol. The maximum absolute atomic E-state index is 12.3. The van der Waals surface area contributed by atoms with Gasteiger partial charge in [0.25, 0.3) is 5.91 Å². The van der Waals surface area contributed by atoms with E-state index in [-0.39, 0.29) is 5.91 Å². The minimum absolute atomic E-state index is 0.0795. The monoisotopic (exact) mass is 320 g/mol. The maximum atomic E-state index is 12.3. The number of hydrogen-bond donors (Lipinski definition) is 1. The minimum Gasteiger partial charge on any atom is -0.368 e. The third-order valence-electron chi connectivity index (χ3n) is 3.84. The number of nitrogens with zero attached hydrogens (tertiary/aromatic N) is 1. The zero-order chi connectivity index (χ0) is 14.8. The molecule has 1 aromatic heterocycles. The van der Waals surface area contributed by atoms with Gasteiger partial charge in [0, 0.05) is 34.6 Å². The number of rotatable bonds is 4. The van der Waals surface area contributed by atoms with Gasteiger partial charge in [0.05, 0.1) is 5.69 Å². The third-order valence-corrected chi connectivity index (χ3v) is 5.72. The maximum Gasteiger partial charge on any atom is 0.263 e. The molecule has 1 amide bonds. The van der Waals surface area contributed by atoms with Crippen molar-refractivity contribution in [2.75, 3.05) is 30.8 Å². The number of nitrogens with one attached hydrogen (secondary N) is 1. The summed E-state index contributed by atoms with van der Waals surface area (Å²) in [7, 11) is 0. The summed E-state index contributed by atoms with van der Waals surface area (Å²) in [5.74, 6) is 0.0795. The number of fused-ring (bicyclic) bond motifs is 3. The van der Waals surface area contributed by atoms with Gasteiger partial charge in [-0.2, -0.15) is 0 Å². The Balaban J connectivity index is 2.15. The predicted octanol–water partition coefficient (Wildman–Crippen LogP) is 3.97. The van der Waals surface area contributed by atoms with Gasteiger partial charge >= 0.3 is 0 Å². The summed E-state index contributed by atoms with van der Waals surface area (Å²) in [6, 6.07) is 6.51. The Bertz CT molecular complexity index is 666. The molecule has 1 aromatic carbocycles. The molecular formula is C16H20N2OS2. The fourth-order valence-electron chi connectivity index (χ4n) is 2.73. The van der Waals surface area contributed by atoms with Gasteiger partial charge in [0.1, 0.15) is 4.88 Å². The molecule has 2 heterocycles. The second kappa shape index (κ2) is 6.28. The Morgan fingerprint density at radius 2 is 2.29 bits per heavy atom. The first kappa shape index (κ1) is 14.7. The molecule has 0 atom stereocenters. The summed E-state index contributed by atoms with van der Waals surface area (Å²) in [6.07, 6.45) is 4.42. The highest BCUT2D eigenvalue weighted by atomic mass is 32.2. The summed E-state index contributed by atoms with van der Waals surface area (Å²) in [5, 5.41) is 4.25. The van der Waals surface area contributed by atoms with Crippen LogP contribution in [0.2, 0.25) is 0 Å². The van der Waals surface area contributed by atoms with Gasteiger partial charge in [-0.3, -0.25) is 4.79 Å². The molecule has 1 N–H and O–H groups in total. The van der Waals surface area contributed by atoms with Crippen LogP contribution in [0.25, 0.3) is 10.1 Å². The van der Waals surface area contributed by atoms with E-state index >= 15 is 0 Å². The molecule has 3 rings (SSSR count). The molecule has 0 fully saturated rings. The van der Waals surface area contributed by atoms with Crippen molar-refractivity contribution >= 4 is 44.8 Å². The molecule has 0 radical (unpaired) electrons. The molecule has 3 nitrogen and oxygen atoms in total. The van der Waals surface area contributed by atoms with Crippen LogP contribution in [-0.2, 0) is 0 Å². The van der Waals surface area contributed by atoms with Crippen molar-refractivity contribution in [3.8, 4) is 0 Å². The molecule has 0 unspecified atom stereocenters. The number of amides is 1. The van der Waals surface area contributed by atoms with Crippen LogP contribution in [0, 0.1) is 0 Å². The fourth-order valence-corrected chi connectivity index (χ4v) is 4.29. The molecule has 1 aliphatic heterocycles. The normalized spacial score (nSPS) is 15.0. The topological polar surface area (TPSA) is 32.3 Å². The number of anilines is 1. The molecular weight excluding hydrogens is 300 g/mol. The average Bonchev–Trinajstić information content (AvgIpc) is 2.81. The van der Waals surface area contributed by atoms with Crippen LogP contribution in [0.1, 0.15) is 29.4 Å². The van der Waals surface area contributed by atoms with Crippen molar-refractivity contribution in [3.05, 3.63) is 23.1 Å². The second-order valence-corrected chi connectivity index (χ2v) is 7.17. The first-order chi connectivity index (χ1) is 10.2. The highest BCUT2D eigenvalue weighted by molar-refractivity contribution is 7.98. The highest BCUT2D eigenvalue weighted by Crippen LogP contribution is 2.40. The van der Waals surface area contributed by atoms with Gasteiger partial charge in [0.15, 0.2) is 0 Å². The molecule has 0 spiro atoms. The SMILES string of the molecule is CCCCN1CCNC(=O)c2sc3ccc(SC)cc3c21. The minimum atomic E-state index is 0.0795. The summed E-state index contributed by atoms with van der Waals surface area (Å²) in [4.78, 5) is 16.8. The first-order valence-electron chi connectivity index (χ1n) is 7.38. The smallest absolute Gasteiger partial charge is 0.263 e. The molecule has 112 valence electrons. The number of carbonyl (C=O) groups excluding carboxylic acids is 1. The number of unbranched alkanes of at least 4 members (excludes halogenated alkanes) is 1. The van der Waals surface area contributed by atoms with E-state index in [1.807, 2.05) is 0 Å². The lowest BCUT2D eigenvalue weighted by Crippen LogP contribution is -2.30. The van der Waals surface area contributed by atoms with Crippen LogP contribution >= 0.6 is 23.1 Å². The summed E-state index contributed by atoms with van der Waals surface area (Å²) >= 11 is 3.36. The van der Waals surface area contributed by atoms with Crippen LogP contribution in [0.4, 0.5) is 5.69 Å². The van der Waals surface area contributed by atoms with Crippen molar-refractivity contribution < 1.29 is 4.79 Å². The van der Waals surface area contributed by atoms with Gasteiger partial charge in [-0.1, -0.05) is 13.3 Å². The Morgan fingerprint density at radius 3 is 3.05 bits per heavy atom. The van der Waals surface area contributed by atoms with Gasteiger partial charge in [-0.05, 0) is 30.9 Å². The number of thiophene rings is 1. The molecule has 0 saturated carbocycles. The van der Waals surface area contributed by atoms with Crippen LogP contribution < -0.4 is 10.2 Å². The number of thioether (sulfide) groups is 1. The highest BCUT2D eigenvalue weighted by Gasteiger charge is 2.25. The largest absolute Gasteiger partial charge is 0.368 e. The van der Waals surface area contributed by atoms with E-state index in [9.17, 15) is 4.79 Å². The van der Waals surface area contributed by atoms with Gasteiger partial charge in [-0.25, -0.2) is 0 Å². The van der Waals surface area contributed by atoms with E-state index in [0.29, 0.717) is 0 Å². The second-order valence-electron chi connectivity index (χ2n) is 5.24. The van der Waals surface area contributed by atoms with E-state index in [0.717, 1.165) is 36.6 Å². The summed E-state index contributed by atoms with van der Waals surface area (Å²) in [6.45, 7) is 4.86. The van der Waals surface area contributed by atoms with Crippen molar-refractivity contribution in [1.82, 2.24) is 5.32 Å². The Labute approximate surface area is 133 Å². The van der Waals surface area contributed by atoms with E-state index in [1.54, 1.807) is 23.1 Å². The first-order valence-corrected chi connectivity index (χ1v) is 9.42. The quantitative estimate of drug-likeness (QED) is 0.865. The van der Waals surface area contributed by atoms with E-state index in [1.165, 1.54) is 21.4 Å². The molecule has 21 heavy (non-hydrogen) atoms. The van der Waals surface area contributed by atoms with Crippen molar-refractivity contribution in [1.29, 1.82) is 0 Å². The van der Waals surface area contributed by atoms with Gasteiger partial charge < -0.3 is 10.2 Å². The fraction of sp³-hybridized carbons (Fsp3) is 0.438. The van der Waals surface area contributed by atoms with Crippen molar-refractivity contribution in [2.24, 2.45) is 0 Å². The van der Waals surface area contributed by atoms with E-state index in [4.69, 9.17) is 0 Å². The summed E-state index contributed by atoms with van der Waals surface area (Å²) in [5.41, 5.74) is 1.15. The summed E-state index contributed by atoms with van der Waals surface area (Å²) < 4.78 is 1.20. The van der Waals surface area contributed by atoms with Crippen LogP contribution in [-0.4, -0.2) is 31.8 Å². The Kier molecular flexibility index (Phi) is 4.40.